The van der Waals surface area contributed by atoms with Crippen LogP contribution in [0.25, 0.3) is 10.1 Å². The second kappa shape index (κ2) is 3.59. The van der Waals surface area contributed by atoms with Gasteiger partial charge in [0.15, 0.2) is 0 Å². The summed E-state index contributed by atoms with van der Waals surface area (Å²) in [5, 5.41) is 4.01. The Balaban J connectivity index is 2.85. The first-order valence-corrected chi connectivity index (χ1v) is 6.53. The normalized spacial score (nSPS) is 10.9. The lowest BCUT2D eigenvalue weighted by Crippen LogP contribution is -1.85. The lowest BCUT2D eigenvalue weighted by Gasteiger charge is -2.01. The summed E-state index contributed by atoms with van der Waals surface area (Å²) in [6.07, 6.45) is 0. The van der Waals surface area contributed by atoms with Crippen LogP contribution in [0.15, 0.2) is 22.0 Å². The summed E-state index contributed by atoms with van der Waals surface area (Å²) in [5.74, 6) is 0. The summed E-state index contributed by atoms with van der Waals surface area (Å²) in [4.78, 5) is 0. The van der Waals surface area contributed by atoms with Crippen molar-refractivity contribution in [3.8, 4) is 0 Å². The van der Waals surface area contributed by atoms with Crippen LogP contribution >= 0.6 is 43.2 Å². The van der Waals surface area contributed by atoms with E-state index in [4.69, 9.17) is 5.73 Å². The molecule has 2 rings (SSSR count). The van der Waals surface area contributed by atoms with Gasteiger partial charge in [0, 0.05) is 25.3 Å². The zero-order valence-corrected chi connectivity index (χ0v) is 10.7. The third-order valence-electron chi connectivity index (χ3n) is 1.89. The van der Waals surface area contributed by atoms with E-state index in [2.05, 4.69) is 44.0 Å². The third-order valence-corrected chi connectivity index (χ3v) is 3.90. The van der Waals surface area contributed by atoms with Gasteiger partial charge in [-0.25, -0.2) is 0 Å². The zero-order chi connectivity index (χ0) is 9.42. The van der Waals surface area contributed by atoms with E-state index in [1.807, 2.05) is 5.38 Å². The van der Waals surface area contributed by atoms with Crippen molar-refractivity contribution in [2.75, 3.05) is 5.73 Å². The maximum absolute atomic E-state index is 5.88. The quantitative estimate of drug-likeness (QED) is 0.785. The molecule has 0 saturated heterocycles. The SMILES string of the molecule is Nc1csc2cc(Br)cc(CBr)c12. The van der Waals surface area contributed by atoms with E-state index < -0.39 is 0 Å². The molecule has 0 saturated carbocycles. The highest BCUT2D eigenvalue weighted by atomic mass is 79.9. The van der Waals surface area contributed by atoms with Crippen LogP contribution in [0.1, 0.15) is 5.56 Å². The molecule has 2 N–H and O–H groups in total. The molecule has 1 heterocycles. The first-order valence-electron chi connectivity index (χ1n) is 3.73. The van der Waals surface area contributed by atoms with Gasteiger partial charge in [0.05, 0.1) is 5.69 Å². The molecule has 0 aliphatic heterocycles. The maximum atomic E-state index is 5.88. The van der Waals surface area contributed by atoms with Crippen molar-refractivity contribution in [1.82, 2.24) is 0 Å². The second-order valence-electron chi connectivity index (χ2n) is 2.76. The summed E-state index contributed by atoms with van der Waals surface area (Å²) < 4.78 is 2.35. The number of halogens is 2. The van der Waals surface area contributed by atoms with Gasteiger partial charge < -0.3 is 5.73 Å². The molecule has 68 valence electrons. The van der Waals surface area contributed by atoms with Crippen molar-refractivity contribution >= 4 is 59.0 Å². The minimum atomic E-state index is 0.837. The first-order chi connectivity index (χ1) is 6.22. The monoisotopic (exact) mass is 319 g/mol. The van der Waals surface area contributed by atoms with Crippen LogP contribution < -0.4 is 5.73 Å². The number of hydrogen-bond acceptors (Lipinski definition) is 2. The van der Waals surface area contributed by atoms with Gasteiger partial charge in [0.1, 0.15) is 0 Å². The molecule has 0 bridgehead atoms. The van der Waals surface area contributed by atoms with Crippen molar-refractivity contribution < 1.29 is 0 Å². The Morgan fingerprint density at radius 3 is 2.85 bits per heavy atom. The molecular weight excluding hydrogens is 314 g/mol. The van der Waals surface area contributed by atoms with E-state index in [9.17, 15) is 0 Å². The number of anilines is 1. The Hall–Kier alpha value is -0.0600. The number of benzene rings is 1. The lowest BCUT2D eigenvalue weighted by atomic mass is 10.1. The highest BCUT2D eigenvalue weighted by Crippen LogP contribution is 2.34. The molecule has 0 aliphatic rings. The van der Waals surface area contributed by atoms with Gasteiger partial charge in [-0.1, -0.05) is 31.9 Å². The molecule has 0 aliphatic carbocycles. The Morgan fingerprint density at radius 2 is 2.15 bits per heavy atom. The highest BCUT2D eigenvalue weighted by molar-refractivity contribution is 9.10. The predicted molar refractivity (Wildman–Crippen MR) is 66.6 cm³/mol. The second-order valence-corrected chi connectivity index (χ2v) is 5.15. The van der Waals surface area contributed by atoms with Crippen molar-refractivity contribution in [2.45, 2.75) is 5.33 Å². The summed E-state index contributed by atoms with van der Waals surface area (Å²) >= 11 is 8.62. The molecule has 1 nitrogen and oxygen atoms in total. The minimum absolute atomic E-state index is 0.837. The van der Waals surface area contributed by atoms with Gasteiger partial charge in [-0.3, -0.25) is 0 Å². The molecule has 0 fully saturated rings. The fourth-order valence-corrected chi connectivity index (χ4v) is 3.38. The standard InChI is InChI=1S/C9H7Br2NS/c10-3-5-1-6(11)2-8-9(5)7(12)4-13-8/h1-2,4H,3,12H2. The molecule has 1 aromatic carbocycles. The topological polar surface area (TPSA) is 26.0 Å². The summed E-state index contributed by atoms with van der Waals surface area (Å²) in [5.41, 5.74) is 7.99. The average molecular weight is 321 g/mol. The van der Waals surface area contributed by atoms with Gasteiger partial charge in [-0.2, -0.15) is 0 Å². The molecule has 0 amide bonds. The molecule has 2 aromatic rings. The number of rotatable bonds is 1. The lowest BCUT2D eigenvalue weighted by molar-refractivity contribution is 1.49. The van der Waals surface area contributed by atoms with Crippen LogP contribution in [0.2, 0.25) is 0 Å². The van der Waals surface area contributed by atoms with Crippen LogP contribution in [0, 0.1) is 0 Å². The minimum Gasteiger partial charge on any atom is -0.398 e. The zero-order valence-electron chi connectivity index (χ0n) is 6.68. The first kappa shape index (κ1) is 9.49. The molecule has 4 heteroatoms. The predicted octanol–water partition coefficient (Wildman–Crippen LogP) is 4.14. The third kappa shape index (κ3) is 1.63. The van der Waals surface area contributed by atoms with E-state index in [-0.39, 0.29) is 0 Å². The van der Waals surface area contributed by atoms with E-state index in [1.165, 1.54) is 15.6 Å². The number of hydrogen-bond donors (Lipinski definition) is 1. The van der Waals surface area contributed by atoms with Crippen LogP contribution in [0.4, 0.5) is 5.69 Å². The number of thiophene rings is 1. The largest absolute Gasteiger partial charge is 0.398 e. The molecule has 0 atom stereocenters. The van der Waals surface area contributed by atoms with Crippen LogP contribution in [-0.2, 0) is 5.33 Å². The van der Waals surface area contributed by atoms with Gasteiger partial charge in [0.2, 0.25) is 0 Å². The van der Waals surface area contributed by atoms with Crippen LogP contribution in [0.5, 0.6) is 0 Å². The molecular formula is C9H7Br2NS. The van der Waals surface area contributed by atoms with Gasteiger partial charge in [0.25, 0.3) is 0 Å². The fraction of sp³-hybridized carbons (Fsp3) is 0.111. The van der Waals surface area contributed by atoms with Gasteiger partial charge in [-0.15, -0.1) is 11.3 Å². The van der Waals surface area contributed by atoms with E-state index in [0.717, 1.165) is 15.5 Å². The smallest absolute Gasteiger partial charge is 0.0505 e. The Labute approximate surface area is 97.2 Å². The number of nitrogen functional groups attached to an aromatic ring is 1. The molecule has 13 heavy (non-hydrogen) atoms. The molecule has 0 radical (unpaired) electrons. The van der Waals surface area contributed by atoms with Crippen LogP contribution in [0.3, 0.4) is 0 Å². The highest BCUT2D eigenvalue weighted by Gasteiger charge is 2.06. The van der Waals surface area contributed by atoms with Crippen LogP contribution in [-0.4, -0.2) is 0 Å². The number of alkyl halides is 1. The maximum Gasteiger partial charge on any atom is 0.0505 e. The Morgan fingerprint density at radius 1 is 1.38 bits per heavy atom. The Bertz CT molecular complexity index is 450. The van der Waals surface area contributed by atoms with Gasteiger partial charge in [-0.05, 0) is 17.7 Å². The summed E-state index contributed by atoms with van der Waals surface area (Å²) in [7, 11) is 0. The van der Waals surface area contributed by atoms with E-state index in [1.54, 1.807) is 11.3 Å². The van der Waals surface area contributed by atoms with E-state index in [0.29, 0.717) is 0 Å². The van der Waals surface area contributed by atoms with E-state index >= 15 is 0 Å². The molecule has 0 spiro atoms. The van der Waals surface area contributed by atoms with Crippen molar-refractivity contribution in [3.63, 3.8) is 0 Å². The Kier molecular flexibility index (Phi) is 2.62. The van der Waals surface area contributed by atoms with Crippen molar-refractivity contribution in [1.29, 1.82) is 0 Å². The fourth-order valence-electron chi connectivity index (χ4n) is 1.35. The van der Waals surface area contributed by atoms with Crippen molar-refractivity contribution in [3.05, 3.63) is 27.5 Å². The summed E-state index contributed by atoms with van der Waals surface area (Å²) in [6.45, 7) is 0. The summed E-state index contributed by atoms with van der Waals surface area (Å²) in [6, 6.07) is 4.20. The number of fused-ring (bicyclic) bond motifs is 1. The van der Waals surface area contributed by atoms with Gasteiger partial charge >= 0.3 is 0 Å². The molecule has 0 unspecified atom stereocenters. The average Bonchev–Trinajstić information content (AvgIpc) is 2.46. The van der Waals surface area contributed by atoms with Crippen molar-refractivity contribution in [2.24, 2.45) is 0 Å². The molecule has 1 aromatic heterocycles. The number of nitrogens with two attached hydrogens (primary N) is 1.